The Balaban J connectivity index is 1.06. The van der Waals surface area contributed by atoms with Gasteiger partial charge < -0.3 is 40.1 Å². The minimum atomic E-state index is -1.03. The topological polar surface area (TPSA) is 155 Å². The van der Waals surface area contributed by atoms with Crippen LogP contribution in [0.3, 0.4) is 0 Å². The molecule has 10 nitrogen and oxygen atoms in total. The molecule has 7 N–H and O–H groups in total. The molecule has 5 heterocycles. The lowest BCUT2D eigenvalue weighted by atomic mass is 9.73. The van der Waals surface area contributed by atoms with E-state index in [-0.39, 0.29) is 30.7 Å². The molecule has 8 unspecified atom stereocenters. The number of nitrogens with two attached hydrogens (primary N) is 1. The van der Waals surface area contributed by atoms with Crippen LogP contribution in [0.5, 0.6) is 11.5 Å². The third-order valence-corrected chi connectivity index (χ3v) is 12.9. The van der Waals surface area contributed by atoms with Gasteiger partial charge in [-0.25, -0.2) is 0 Å². The van der Waals surface area contributed by atoms with Crippen molar-refractivity contribution in [2.45, 2.75) is 102 Å². The molecule has 56 heavy (non-hydrogen) atoms. The average molecular weight is 755 g/mol. The van der Waals surface area contributed by atoms with Crippen LogP contribution in [-0.4, -0.2) is 49.4 Å². The molecule has 290 valence electrons. The number of aryl methyl sites for hydroxylation is 1. The third kappa shape index (κ3) is 6.84. The molecule has 0 amide bonds. The molecule has 3 aliphatic heterocycles. The molecule has 2 aliphatic carbocycles. The summed E-state index contributed by atoms with van der Waals surface area (Å²) < 4.78 is 15.3. The highest BCUT2D eigenvalue weighted by molar-refractivity contribution is 5.83. The molecule has 2 aromatic heterocycles. The number of carbonyl (C=O) groups is 1. The van der Waals surface area contributed by atoms with Crippen molar-refractivity contribution in [1.82, 2.24) is 14.9 Å². The molecule has 4 aromatic rings. The molecule has 1 spiro atoms. The van der Waals surface area contributed by atoms with E-state index in [2.05, 4.69) is 57.3 Å². The molecule has 2 bridgehead atoms. The monoisotopic (exact) mass is 754 g/mol. The second kappa shape index (κ2) is 14.9. The number of carbonyl (C=O) groups excluding carboxylic acids is 1. The van der Waals surface area contributed by atoms with Crippen LogP contribution in [0.2, 0.25) is 0 Å². The fourth-order valence-corrected chi connectivity index (χ4v) is 9.76. The summed E-state index contributed by atoms with van der Waals surface area (Å²) in [6, 6.07) is 9.69. The average Bonchev–Trinajstić information content (AvgIpc) is 3.92. The Morgan fingerprint density at radius 1 is 1.07 bits per heavy atom. The van der Waals surface area contributed by atoms with Gasteiger partial charge in [0.25, 0.3) is 0 Å². The first kappa shape index (κ1) is 36.8. The number of Topliss-reactive ketones (excluding diaryl/α,β-unsaturated/α-hetero) is 1. The highest BCUT2D eigenvalue weighted by Gasteiger charge is 2.46. The molecule has 8 atom stereocenters. The summed E-state index contributed by atoms with van der Waals surface area (Å²) >= 11 is 0. The summed E-state index contributed by atoms with van der Waals surface area (Å²) in [4.78, 5) is 16.6. The van der Waals surface area contributed by atoms with Crippen LogP contribution in [0.1, 0.15) is 104 Å². The number of ketones is 1. The smallest absolute Gasteiger partial charge is 0.191 e. The first-order chi connectivity index (χ1) is 27.2. The van der Waals surface area contributed by atoms with Gasteiger partial charge in [-0.2, -0.15) is 0 Å². The zero-order valence-corrected chi connectivity index (χ0v) is 31.8. The quantitative estimate of drug-likeness (QED) is 0.109. The Morgan fingerprint density at radius 3 is 2.75 bits per heavy atom. The van der Waals surface area contributed by atoms with Crippen molar-refractivity contribution in [3.05, 3.63) is 94.5 Å². The van der Waals surface area contributed by atoms with Crippen molar-refractivity contribution >= 4 is 16.7 Å². The van der Waals surface area contributed by atoms with E-state index in [0.29, 0.717) is 30.8 Å². The Hall–Kier alpha value is -4.81. The van der Waals surface area contributed by atoms with E-state index in [1.54, 1.807) is 0 Å². The number of allylic oxidation sites excluding steroid dienone is 1. The number of ether oxygens (including phenoxy) is 2. The Morgan fingerprint density at radius 2 is 1.91 bits per heavy atom. The summed E-state index contributed by atoms with van der Waals surface area (Å²) in [5.41, 5.74) is 13.0. The lowest BCUT2D eigenvalue weighted by Gasteiger charge is -2.35. The number of nitrogens with one attached hydrogen (secondary N) is 2. The molecule has 1 saturated carbocycles. The molecule has 5 aliphatic rings. The van der Waals surface area contributed by atoms with Gasteiger partial charge in [0.1, 0.15) is 18.0 Å². The van der Waals surface area contributed by atoms with Crippen LogP contribution in [-0.2, 0) is 24.1 Å². The fraction of sp³-hybridized carbons (Fsp3) is 0.457. The highest BCUT2D eigenvalue weighted by Crippen LogP contribution is 2.50. The first-order valence-corrected chi connectivity index (χ1v) is 20.2. The standard InChI is InChI=1S/C46H50N4O6/c1-27-4-8-34(40(53)20-27)41(54)23-30(51)7-5-28-6-13-42-43(21-28)56-45-37(46(17-19-55-42)15-2-3-16-46)11-12-39(52)32-9-10-33-31(14-18-48-44(33)47)35(32)22-29-24-49-38-26-50(45)25-36(29)38/h4,6,8-10,13,21,24-27,34,37,39-41,44-45,48-49,52-54H,2-3,5,7,14-16,18,20,22-23,47H2,1H3. The molecule has 2 aromatic carbocycles. The van der Waals surface area contributed by atoms with Gasteiger partial charge in [-0.3, -0.25) is 10.1 Å². The maximum Gasteiger partial charge on any atom is 0.191 e. The van der Waals surface area contributed by atoms with Gasteiger partial charge >= 0.3 is 0 Å². The number of nitrogens with zero attached hydrogens (tertiary/aromatic N) is 1. The van der Waals surface area contributed by atoms with Crippen LogP contribution >= 0.6 is 0 Å². The van der Waals surface area contributed by atoms with Crippen LogP contribution in [0.15, 0.2) is 61.1 Å². The molecule has 0 radical (unpaired) electrons. The zero-order chi connectivity index (χ0) is 38.6. The van der Waals surface area contributed by atoms with E-state index in [4.69, 9.17) is 15.2 Å². The number of fused-ring (bicyclic) bond motifs is 8. The Bertz CT molecular complexity index is 2310. The van der Waals surface area contributed by atoms with Crippen molar-refractivity contribution in [2.24, 2.45) is 28.9 Å². The molecule has 1 fully saturated rings. The van der Waals surface area contributed by atoms with Gasteiger partial charge in [-0.15, -0.1) is 0 Å². The second-order valence-electron chi connectivity index (χ2n) is 16.6. The van der Waals surface area contributed by atoms with Crippen molar-refractivity contribution in [1.29, 1.82) is 0 Å². The van der Waals surface area contributed by atoms with Gasteiger partial charge in [0, 0.05) is 55.7 Å². The van der Waals surface area contributed by atoms with Crippen LogP contribution < -0.4 is 20.5 Å². The maximum absolute atomic E-state index is 13.1. The normalized spacial score (nSPS) is 27.8. The molecule has 0 saturated heterocycles. The predicted octanol–water partition coefficient (Wildman–Crippen LogP) is 5.65. The van der Waals surface area contributed by atoms with E-state index in [0.717, 1.165) is 77.4 Å². The van der Waals surface area contributed by atoms with Gasteiger partial charge in [0.2, 0.25) is 0 Å². The van der Waals surface area contributed by atoms with Gasteiger partial charge in [0.05, 0.1) is 35.2 Å². The van der Waals surface area contributed by atoms with Gasteiger partial charge in [-0.05, 0) is 83.5 Å². The summed E-state index contributed by atoms with van der Waals surface area (Å²) in [6.07, 6.45) is 16.0. The third-order valence-electron chi connectivity index (χ3n) is 12.9. The fourth-order valence-electron chi connectivity index (χ4n) is 9.76. The molecular formula is C46H50N4O6. The molecule has 9 rings (SSSR count). The Kier molecular flexibility index (Phi) is 9.81. The SMILES string of the molecule is CC1C=CC(C(O)CC(=O)CCc2ccc3c(c2)OC2C(C#CC(O)c4ccc5c(c4Cc4c[nH]c6cn2cc46)CCNC5N)C2(C#CO3)CCCC2)C(O)C1. The summed E-state index contributed by atoms with van der Waals surface area (Å²) in [5, 5.41) is 37.7. The molecule has 10 heteroatoms. The first-order valence-electron chi connectivity index (χ1n) is 20.2. The highest BCUT2D eigenvalue weighted by atomic mass is 16.5. The summed E-state index contributed by atoms with van der Waals surface area (Å²) in [6.45, 7) is 2.79. The van der Waals surface area contributed by atoms with E-state index >= 15 is 0 Å². The van der Waals surface area contributed by atoms with Crippen LogP contribution in [0.25, 0.3) is 10.9 Å². The summed E-state index contributed by atoms with van der Waals surface area (Å²) in [7, 11) is 0. The van der Waals surface area contributed by atoms with E-state index < -0.39 is 41.8 Å². The minimum Gasteiger partial charge on any atom is -0.465 e. The number of aromatic amines is 1. The maximum atomic E-state index is 13.1. The van der Waals surface area contributed by atoms with Crippen molar-refractivity contribution < 1.29 is 29.6 Å². The number of aliphatic hydroxyl groups excluding tert-OH is 3. The summed E-state index contributed by atoms with van der Waals surface area (Å²) in [5.74, 6) is 10.7. The molecular weight excluding hydrogens is 705 g/mol. The number of hydrogen-bond acceptors (Lipinski definition) is 8. The van der Waals surface area contributed by atoms with E-state index in [1.807, 2.05) is 49.4 Å². The Labute approximate surface area is 327 Å². The number of aliphatic hydroxyl groups is 3. The van der Waals surface area contributed by atoms with E-state index in [1.165, 1.54) is 5.56 Å². The van der Waals surface area contributed by atoms with Crippen LogP contribution in [0, 0.1) is 47.0 Å². The van der Waals surface area contributed by atoms with Gasteiger partial charge in [-0.1, -0.05) is 67.9 Å². The number of H-pyrrole nitrogens is 1. The number of hydrogen-bond donors (Lipinski definition) is 6. The van der Waals surface area contributed by atoms with Crippen molar-refractivity contribution in [3.8, 4) is 35.4 Å². The van der Waals surface area contributed by atoms with Crippen molar-refractivity contribution in [3.63, 3.8) is 0 Å². The lowest BCUT2D eigenvalue weighted by Crippen LogP contribution is -2.36. The number of benzene rings is 2. The number of aromatic nitrogens is 2. The predicted molar refractivity (Wildman–Crippen MR) is 212 cm³/mol. The number of rotatable bonds is 6. The minimum absolute atomic E-state index is 0.0165. The van der Waals surface area contributed by atoms with Crippen LogP contribution in [0.4, 0.5) is 0 Å². The van der Waals surface area contributed by atoms with Crippen molar-refractivity contribution in [2.75, 3.05) is 6.54 Å². The lowest BCUT2D eigenvalue weighted by molar-refractivity contribution is -0.122. The van der Waals surface area contributed by atoms with Gasteiger partial charge in [0.15, 0.2) is 17.7 Å². The van der Waals surface area contributed by atoms with E-state index in [9.17, 15) is 20.1 Å². The zero-order valence-electron chi connectivity index (χ0n) is 31.8. The largest absolute Gasteiger partial charge is 0.465 e. The second-order valence-corrected chi connectivity index (χ2v) is 16.6.